The van der Waals surface area contributed by atoms with Gasteiger partial charge in [0.1, 0.15) is 5.84 Å². The van der Waals surface area contributed by atoms with E-state index in [1.54, 1.807) is 6.08 Å². The molecule has 1 aliphatic rings. The Hall–Kier alpha value is -1.71. The van der Waals surface area contributed by atoms with Crippen LogP contribution in [0.2, 0.25) is 0 Å². The largest absolute Gasteiger partial charge is 0.384 e. The maximum absolute atomic E-state index is 7.16. The fourth-order valence-electron chi connectivity index (χ4n) is 1.57. The average molecular weight is 220 g/mol. The highest BCUT2D eigenvalue weighted by Crippen LogP contribution is 2.27. The molecule has 0 atom stereocenters. The molecule has 88 valence electrons. The van der Waals surface area contributed by atoms with Gasteiger partial charge in [0.05, 0.1) is 11.2 Å². The highest BCUT2D eigenvalue weighted by Gasteiger charge is 2.27. The number of rotatable bonds is 2. The van der Waals surface area contributed by atoms with Crippen molar-refractivity contribution in [2.75, 3.05) is 0 Å². The minimum absolute atomic E-state index is 0.00412. The molecule has 0 fully saturated rings. The standard InChI is InChI=1S/C12H20N4/c1-5-10-9(6-7-11(13)14)8-15-16(10)12(2,3)4/h5-8,15H,1-4H3,(H3,13,14)/b7-6?,10-5+. The molecule has 0 spiro atoms. The van der Waals surface area contributed by atoms with E-state index >= 15 is 0 Å². The van der Waals surface area contributed by atoms with Gasteiger partial charge >= 0.3 is 0 Å². The maximum atomic E-state index is 7.16. The smallest absolute Gasteiger partial charge is 0.115 e. The molecule has 0 radical (unpaired) electrons. The van der Waals surface area contributed by atoms with Gasteiger partial charge in [0, 0.05) is 11.8 Å². The van der Waals surface area contributed by atoms with E-state index in [-0.39, 0.29) is 11.4 Å². The van der Waals surface area contributed by atoms with Crippen LogP contribution in [0.4, 0.5) is 0 Å². The Bertz CT molecular complexity index is 369. The minimum atomic E-state index is 0.00412. The molecular weight excluding hydrogens is 200 g/mol. The zero-order valence-corrected chi connectivity index (χ0v) is 10.3. The number of nitrogens with two attached hydrogens (primary N) is 1. The summed E-state index contributed by atoms with van der Waals surface area (Å²) in [5.74, 6) is 0.0607. The first-order valence-electron chi connectivity index (χ1n) is 5.31. The summed E-state index contributed by atoms with van der Waals surface area (Å²) in [4.78, 5) is 0. The van der Waals surface area contributed by atoms with Gasteiger partial charge in [-0.2, -0.15) is 0 Å². The summed E-state index contributed by atoms with van der Waals surface area (Å²) in [6, 6.07) is 0. The Morgan fingerprint density at radius 3 is 2.56 bits per heavy atom. The van der Waals surface area contributed by atoms with Crippen LogP contribution in [-0.4, -0.2) is 16.4 Å². The molecule has 1 heterocycles. The molecule has 0 aromatic carbocycles. The SMILES string of the molecule is C/C=C1\C(C=CC(=N)N)=CNN1C(C)(C)C. The zero-order valence-electron chi connectivity index (χ0n) is 10.3. The van der Waals surface area contributed by atoms with Crippen LogP contribution < -0.4 is 11.2 Å². The highest BCUT2D eigenvalue weighted by molar-refractivity contribution is 5.89. The van der Waals surface area contributed by atoms with E-state index in [2.05, 4.69) is 31.2 Å². The third-order valence-electron chi connectivity index (χ3n) is 2.27. The van der Waals surface area contributed by atoms with Gasteiger partial charge < -0.3 is 11.2 Å². The molecule has 0 aromatic rings. The lowest BCUT2D eigenvalue weighted by molar-refractivity contribution is 0.158. The normalized spacial score (nSPS) is 19.1. The molecule has 1 rings (SSSR count). The molecule has 4 heteroatoms. The van der Waals surface area contributed by atoms with Crippen molar-refractivity contribution in [2.45, 2.75) is 33.2 Å². The minimum Gasteiger partial charge on any atom is -0.384 e. The van der Waals surface area contributed by atoms with Crippen LogP contribution in [0.15, 0.2) is 35.7 Å². The molecule has 0 bridgehead atoms. The van der Waals surface area contributed by atoms with E-state index in [9.17, 15) is 0 Å². The monoisotopic (exact) mass is 220 g/mol. The molecule has 4 N–H and O–H groups in total. The van der Waals surface area contributed by atoms with E-state index < -0.39 is 0 Å². The van der Waals surface area contributed by atoms with Crippen molar-refractivity contribution < 1.29 is 0 Å². The van der Waals surface area contributed by atoms with Gasteiger partial charge in [0.15, 0.2) is 0 Å². The van der Waals surface area contributed by atoms with Crippen molar-refractivity contribution >= 4 is 5.84 Å². The molecule has 0 saturated heterocycles. The van der Waals surface area contributed by atoms with Gasteiger partial charge in [0.2, 0.25) is 0 Å². The zero-order chi connectivity index (χ0) is 12.3. The van der Waals surface area contributed by atoms with Crippen molar-refractivity contribution in [3.05, 3.63) is 35.7 Å². The first kappa shape index (κ1) is 12.4. The summed E-state index contributed by atoms with van der Waals surface area (Å²) in [6.07, 6.45) is 7.39. The van der Waals surface area contributed by atoms with Gasteiger partial charge in [-0.3, -0.25) is 10.4 Å². The number of nitrogens with one attached hydrogen (secondary N) is 2. The number of nitrogens with zero attached hydrogens (tertiary/aromatic N) is 1. The fraction of sp³-hybridized carbons (Fsp3) is 0.417. The Morgan fingerprint density at radius 2 is 2.12 bits per heavy atom. The number of hydrazine groups is 1. The summed E-state index contributed by atoms with van der Waals surface area (Å²) in [5.41, 5.74) is 10.6. The molecule has 0 saturated carbocycles. The second-order valence-electron chi connectivity index (χ2n) is 4.70. The fourth-order valence-corrected chi connectivity index (χ4v) is 1.57. The molecule has 0 unspecified atom stereocenters. The summed E-state index contributed by atoms with van der Waals surface area (Å²) in [5, 5.41) is 9.25. The molecule has 4 nitrogen and oxygen atoms in total. The highest BCUT2D eigenvalue weighted by atomic mass is 15.5. The second kappa shape index (κ2) is 4.43. The van der Waals surface area contributed by atoms with E-state index in [1.807, 2.05) is 25.3 Å². The van der Waals surface area contributed by atoms with E-state index in [0.29, 0.717) is 0 Å². The lowest BCUT2D eigenvalue weighted by Crippen LogP contribution is -2.44. The van der Waals surface area contributed by atoms with Crippen molar-refractivity contribution in [1.29, 1.82) is 5.41 Å². The first-order valence-corrected chi connectivity index (χ1v) is 5.31. The van der Waals surface area contributed by atoms with Gasteiger partial charge in [0.25, 0.3) is 0 Å². The summed E-state index contributed by atoms with van der Waals surface area (Å²) >= 11 is 0. The molecule has 16 heavy (non-hydrogen) atoms. The van der Waals surface area contributed by atoms with Crippen molar-refractivity contribution in [2.24, 2.45) is 5.73 Å². The maximum Gasteiger partial charge on any atom is 0.115 e. The quantitative estimate of drug-likeness (QED) is 0.492. The van der Waals surface area contributed by atoms with Gasteiger partial charge in [-0.1, -0.05) is 6.08 Å². The van der Waals surface area contributed by atoms with Crippen LogP contribution in [0, 0.1) is 5.41 Å². The van der Waals surface area contributed by atoms with Crippen molar-refractivity contribution in [3.63, 3.8) is 0 Å². The van der Waals surface area contributed by atoms with Crippen LogP contribution >= 0.6 is 0 Å². The predicted octanol–water partition coefficient (Wildman–Crippen LogP) is 1.88. The third-order valence-corrected chi connectivity index (χ3v) is 2.27. The van der Waals surface area contributed by atoms with E-state index in [4.69, 9.17) is 11.1 Å². The van der Waals surface area contributed by atoms with Crippen LogP contribution in [0.1, 0.15) is 27.7 Å². The molecule has 0 aromatic heterocycles. The van der Waals surface area contributed by atoms with E-state index in [0.717, 1.165) is 11.3 Å². The van der Waals surface area contributed by atoms with Crippen LogP contribution in [-0.2, 0) is 0 Å². The van der Waals surface area contributed by atoms with Crippen molar-refractivity contribution in [1.82, 2.24) is 10.4 Å². The summed E-state index contributed by atoms with van der Waals surface area (Å²) in [7, 11) is 0. The Balaban J connectivity index is 2.90. The van der Waals surface area contributed by atoms with Crippen LogP contribution in [0.3, 0.4) is 0 Å². The second-order valence-corrected chi connectivity index (χ2v) is 4.70. The summed E-state index contributed by atoms with van der Waals surface area (Å²) < 4.78 is 0. The Kier molecular flexibility index (Phi) is 3.42. The number of amidine groups is 1. The summed E-state index contributed by atoms with van der Waals surface area (Å²) in [6.45, 7) is 8.40. The van der Waals surface area contributed by atoms with Gasteiger partial charge in [-0.15, -0.1) is 0 Å². The topological polar surface area (TPSA) is 65.1 Å². The van der Waals surface area contributed by atoms with Crippen LogP contribution in [0.5, 0.6) is 0 Å². The number of allylic oxidation sites excluding steroid dienone is 2. The Labute approximate surface area is 97.0 Å². The predicted molar refractivity (Wildman–Crippen MR) is 67.6 cm³/mol. The van der Waals surface area contributed by atoms with Crippen LogP contribution in [0.25, 0.3) is 0 Å². The third kappa shape index (κ3) is 2.66. The molecule has 0 amide bonds. The Morgan fingerprint density at radius 1 is 1.50 bits per heavy atom. The molecular formula is C12H20N4. The molecule has 0 aliphatic carbocycles. The van der Waals surface area contributed by atoms with E-state index in [1.165, 1.54) is 0 Å². The lowest BCUT2D eigenvalue weighted by Gasteiger charge is -2.35. The first-order chi connectivity index (χ1) is 7.36. The number of hydrogen-bond donors (Lipinski definition) is 3. The average Bonchev–Trinajstić information content (AvgIpc) is 2.56. The van der Waals surface area contributed by atoms with Gasteiger partial charge in [-0.05, 0) is 39.8 Å². The lowest BCUT2D eigenvalue weighted by atomic mass is 10.1. The number of hydrogen-bond acceptors (Lipinski definition) is 3. The molecule has 1 aliphatic heterocycles. The van der Waals surface area contributed by atoms with Gasteiger partial charge in [-0.25, -0.2) is 0 Å². The van der Waals surface area contributed by atoms with Crippen molar-refractivity contribution in [3.8, 4) is 0 Å².